The van der Waals surface area contributed by atoms with Gasteiger partial charge in [-0.1, -0.05) is 30.3 Å². The lowest BCUT2D eigenvalue weighted by Gasteiger charge is -2.18. The molecule has 2 rings (SSSR count). The number of nitro benzene ring substituents is 1. The molecule has 31 heavy (non-hydrogen) atoms. The molecule has 0 unspecified atom stereocenters. The van der Waals surface area contributed by atoms with Gasteiger partial charge in [0.25, 0.3) is 5.69 Å². The van der Waals surface area contributed by atoms with E-state index in [9.17, 15) is 15.4 Å². The quantitative estimate of drug-likeness (QED) is 0.110. The summed E-state index contributed by atoms with van der Waals surface area (Å²) in [5, 5.41) is 20.7. The Kier molecular flexibility index (Phi) is 9.22. The van der Waals surface area contributed by atoms with Gasteiger partial charge in [-0.15, -0.1) is 0 Å². The van der Waals surface area contributed by atoms with Gasteiger partial charge in [0.15, 0.2) is 12.5 Å². The number of hydrogen-bond donors (Lipinski definition) is 1. The van der Waals surface area contributed by atoms with Crippen LogP contribution in [0, 0.1) is 21.6 Å². The van der Waals surface area contributed by atoms with Crippen LogP contribution < -0.4 is 10.5 Å². The monoisotopic (exact) mass is 427 g/mol. The number of guanidine groups is 1. The molecule has 164 valence electrons. The fourth-order valence-electron chi connectivity index (χ4n) is 2.72. The van der Waals surface area contributed by atoms with Crippen LogP contribution in [0.25, 0.3) is 0 Å². The number of nitriles is 1. The number of benzene rings is 2. The maximum atomic E-state index is 11.2. The predicted molar refractivity (Wildman–Crippen MR) is 114 cm³/mol. The van der Waals surface area contributed by atoms with E-state index in [1.54, 1.807) is 0 Å². The Morgan fingerprint density at radius 2 is 1.97 bits per heavy atom. The van der Waals surface area contributed by atoms with Crippen LogP contribution >= 0.6 is 0 Å². The van der Waals surface area contributed by atoms with E-state index in [1.807, 2.05) is 36.5 Å². The molecule has 0 amide bonds. The number of hydrogen-bond acceptors (Lipinski definition) is 7. The number of rotatable bonds is 11. The van der Waals surface area contributed by atoms with Gasteiger partial charge < -0.3 is 19.9 Å². The summed E-state index contributed by atoms with van der Waals surface area (Å²) in [6, 6.07) is 13.6. The molecule has 0 saturated carbocycles. The first-order chi connectivity index (χ1) is 15.0. The van der Waals surface area contributed by atoms with Gasteiger partial charge in [-0.2, -0.15) is 5.26 Å². The molecule has 0 spiro atoms. The molecule has 2 aromatic carbocycles. The van der Waals surface area contributed by atoms with Gasteiger partial charge >= 0.3 is 0 Å². The Morgan fingerprint density at radius 1 is 1.26 bits per heavy atom. The summed E-state index contributed by atoms with van der Waals surface area (Å²) in [6.07, 6.45) is 1.99. The minimum atomic E-state index is -0.511. The molecular weight excluding hydrogens is 402 g/mol. The first-order valence-electron chi connectivity index (χ1n) is 9.45. The molecule has 0 aliphatic carbocycles. The molecule has 0 radical (unpaired) electrons. The Balaban J connectivity index is 2.17. The van der Waals surface area contributed by atoms with Crippen molar-refractivity contribution in [2.24, 2.45) is 10.7 Å². The first-order valence-corrected chi connectivity index (χ1v) is 9.45. The Morgan fingerprint density at radius 3 is 2.58 bits per heavy atom. The summed E-state index contributed by atoms with van der Waals surface area (Å²) >= 11 is 0. The molecule has 0 atom stereocenters. The van der Waals surface area contributed by atoms with Gasteiger partial charge in [-0.3, -0.25) is 10.1 Å². The standard InChI is InChI=1S/C21H25N5O5/c1-29-20(30-2)10-11-31-19-9-8-18(26(27)28)12-17(19)14-25(15-22)21(23)24-13-16-6-4-3-5-7-16/h3-9,12,20H,10-11,13-14H2,1-2H3,(H2,23,24). The van der Waals surface area contributed by atoms with Gasteiger partial charge in [-0.25, -0.2) is 9.89 Å². The Hall–Kier alpha value is -3.68. The second-order valence-electron chi connectivity index (χ2n) is 6.43. The normalized spacial score (nSPS) is 11.2. The zero-order chi connectivity index (χ0) is 22.6. The maximum Gasteiger partial charge on any atom is 0.270 e. The van der Waals surface area contributed by atoms with Crippen LogP contribution in [-0.2, 0) is 22.6 Å². The molecule has 0 aliphatic heterocycles. The number of nitro groups is 1. The van der Waals surface area contributed by atoms with Crippen LogP contribution in [0.5, 0.6) is 5.75 Å². The topological polar surface area (TPSA) is 136 Å². The molecule has 0 aromatic heterocycles. The van der Waals surface area contributed by atoms with Crippen molar-refractivity contribution in [1.29, 1.82) is 5.26 Å². The third-order valence-electron chi connectivity index (χ3n) is 4.38. The highest BCUT2D eigenvalue weighted by Gasteiger charge is 2.17. The lowest BCUT2D eigenvalue weighted by molar-refractivity contribution is -0.384. The SMILES string of the molecule is COC(CCOc1ccc([N+](=O)[O-])cc1CN(C#N)C(N)=NCc1ccccc1)OC. The molecule has 0 saturated heterocycles. The predicted octanol–water partition coefficient (Wildman–Crippen LogP) is 2.78. The van der Waals surface area contributed by atoms with E-state index in [0.29, 0.717) is 24.3 Å². The van der Waals surface area contributed by atoms with E-state index in [4.69, 9.17) is 19.9 Å². The van der Waals surface area contributed by atoms with Crippen molar-refractivity contribution >= 4 is 11.6 Å². The summed E-state index contributed by atoms with van der Waals surface area (Å²) in [5.41, 5.74) is 7.24. The summed E-state index contributed by atoms with van der Waals surface area (Å²) in [7, 11) is 3.04. The largest absolute Gasteiger partial charge is 0.493 e. The minimum Gasteiger partial charge on any atom is -0.493 e. The lowest BCUT2D eigenvalue weighted by Crippen LogP contribution is -2.33. The van der Waals surface area contributed by atoms with E-state index in [2.05, 4.69) is 4.99 Å². The van der Waals surface area contributed by atoms with Crippen LogP contribution in [0.4, 0.5) is 5.69 Å². The number of nitrogens with zero attached hydrogens (tertiary/aromatic N) is 4. The third-order valence-corrected chi connectivity index (χ3v) is 4.38. The number of non-ortho nitro benzene ring substituents is 1. The summed E-state index contributed by atoms with van der Waals surface area (Å²) in [4.78, 5) is 16.1. The molecule has 10 heteroatoms. The van der Waals surface area contributed by atoms with Gasteiger partial charge in [0.05, 0.1) is 24.6 Å². The van der Waals surface area contributed by atoms with E-state index in [1.165, 1.54) is 32.4 Å². The number of methoxy groups -OCH3 is 2. The van der Waals surface area contributed by atoms with Crippen LogP contribution in [-0.4, -0.2) is 42.9 Å². The molecule has 10 nitrogen and oxygen atoms in total. The van der Waals surface area contributed by atoms with E-state index in [0.717, 1.165) is 10.5 Å². The summed E-state index contributed by atoms with van der Waals surface area (Å²) in [5.74, 6) is 0.398. The molecule has 0 bridgehead atoms. The Bertz CT molecular complexity index is 926. The fourth-order valence-corrected chi connectivity index (χ4v) is 2.72. The average molecular weight is 427 g/mol. The highest BCUT2D eigenvalue weighted by molar-refractivity contribution is 5.79. The second kappa shape index (κ2) is 12.1. The maximum absolute atomic E-state index is 11.2. The molecule has 0 aliphatic rings. The van der Waals surface area contributed by atoms with Crippen molar-refractivity contribution in [3.8, 4) is 11.9 Å². The van der Waals surface area contributed by atoms with Crippen molar-refractivity contribution in [2.45, 2.75) is 25.8 Å². The van der Waals surface area contributed by atoms with Crippen molar-refractivity contribution in [3.63, 3.8) is 0 Å². The summed E-state index contributed by atoms with van der Waals surface area (Å²) in [6.45, 7) is 0.523. The molecule has 2 aromatic rings. The Labute approximate surface area is 180 Å². The van der Waals surface area contributed by atoms with Crippen molar-refractivity contribution in [3.05, 3.63) is 69.8 Å². The zero-order valence-electron chi connectivity index (χ0n) is 17.4. The van der Waals surface area contributed by atoms with Crippen LogP contribution in [0.2, 0.25) is 0 Å². The average Bonchev–Trinajstić information content (AvgIpc) is 2.79. The van der Waals surface area contributed by atoms with Crippen LogP contribution in [0.1, 0.15) is 17.5 Å². The number of ether oxygens (including phenoxy) is 3. The molecule has 0 fully saturated rings. The number of nitrogens with two attached hydrogens (primary N) is 1. The highest BCUT2D eigenvalue weighted by atomic mass is 16.7. The first kappa shape index (κ1) is 23.6. The van der Waals surface area contributed by atoms with Gasteiger partial charge in [0.1, 0.15) is 5.75 Å². The molecule has 0 heterocycles. The van der Waals surface area contributed by atoms with Crippen molar-refractivity contribution in [2.75, 3.05) is 20.8 Å². The second-order valence-corrected chi connectivity index (χ2v) is 6.43. The van der Waals surface area contributed by atoms with E-state index < -0.39 is 11.2 Å². The van der Waals surface area contributed by atoms with Crippen LogP contribution in [0.15, 0.2) is 53.5 Å². The van der Waals surface area contributed by atoms with Gasteiger partial charge in [0, 0.05) is 38.3 Å². The van der Waals surface area contributed by atoms with E-state index in [-0.39, 0.29) is 24.8 Å². The minimum absolute atomic E-state index is 0.00244. The molecular formula is C21H25N5O5. The van der Waals surface area contributed by atoms with E-state index >= 15 is 0 Å². The zero-order valence-corrected chi connectivity index (χ0v) is 17.4. The van der Waals surface area contributed by atoms with Crippen molar-refractivity contribution in [1.82, 2.24) is 4.90 Å². The van der Waals surface area contributed by atoms with Gasteiger partial charge in [-0.05, 0) is 11.6 Å². The third kappa shape index (κ3) is 7.26. The van der Waals surface area contributed by atoms with Crippen molar-refractivity contribution < 1.29 is 19.1 Å². The fraction of sp³-hybridized carbons (Fsp3) is 0.333. The smallest absolute Gasteiger partial charge is 0.270 e. The highest BCUT2D eigenvalue weighted by Crippen LogP contribution is 2.26. The number of aliphatic imine (C=N–C) groups is 1. The molecule has 2 N–H and O–H groups in total. The lowest BCUT2D eigenvalue weighted by atomic mass is 10.1. The summed E-state index contributed by atoms with van der Waals surface area (Å²) < 4.78 is 16.0. The van der Waals surface area contributed by atoms with Gasteiger partial charge in [0.2, 0.25) is 5.96 Å². The van der Waals surface area contributed by atoms with Crippen LogP contribution in [0.3, 0.4) is 0 Å².